The highest BCUT2D eigenvalue weighted by atomic mass is 79.9. The van der Waals surface area contributed by atoms with Gasteiger partial charge in [0, 0.05) is 51.3 Å². The van der Waals surface area contributed by atoms with E-state index in [9.17, 15) is 0 Å². The molecule has 5 aliphatic heterocycles. The van der Waals surface area contributed by atoms with Crippen LogP contribution in [0.15, 0.2) is 194 Å². The maximum atomic E-state index is 5.47. The molecule has 0 atom stereocenters. The van der Waals surface area contributed by atoms with Crippen LogP contribution in [-0.2, 0) is 10.8 Å². The summed E-state index contributed by atoms with van der Waals surface area (Å²) in [5.74, 6) is 0. The normalized spacial score (nSPS) is 17.4. The summed E-state index contributed by atoms with van der Waals surface area (Å²) in [7, 11) is 0. The molecule has 0 saturated heterocycles. The largest absolute Gasteiger partial charge is 0.248 e. The molecule has 0 spiro atoms. The third-order valence-electron chi connectivity index (χ3n) is 11.1. The highest BCUT2D eigenvalue weighted by molar-refractivity contribution is 9.11. The van der Waals surface area contributed by atoms with Crippen LogP contribution in [0.1, 0.15) is 74.9 Å². The molecule has 4 aromatic carbocycles. The molecule has 0 radical (unpaired) electrons. The van der Waals surface area contributed by atoms with E-state index in [1.807, 2.05) is 12.1 Å². The summed E-state index contributed by atoms with van der Waals surface area (Å²) in [6, 6.07) is 30.0. The predicted octanol–water partition coefficient (Wildman–Crippen LogP) is 15.3. The van der Waals surface area contributed by atoms with Crippen LogP contribution in [0.4, 0.5) is 0 Å². The van der Waals surface area contributed by atoms with E-state index in [0.29, 0.717) is 0 Å². The molecule has 9 rings (SSSR count). The summed E-state index contributed by atoms with van der Waals surface area (Å²) in [6.45, 7) is 13.4. The fraction of sp³-hybridized carbons (Fsp3) is 0.154. The Balaban J connectivity index is 1.38. The van der Waals surface area contributed by atoms with E-state index in [1.54, 1.807) is 0 Å². The topological polar surface area (TPSA) is 49.4 Å². The number of allylic oxidation sites excluding steroid dienone is 12. The van der Waals surface area contributed by atoms with Gasteiger partial charge in [0.15, 0.2) is 0 Å². The molecular formula is C52H40Br4N4. The average Bonchev–Trinajstić information content (AvgIpc) is 4.04. The number of hydrogen-bond acceptors (Lipinski definition) is 4. The lowest BCUT2D eigenvalue weighted by molar-refractivity contribution is 0.590. The zero-order chi connectivity index (χ0) is 42.1. The van der Waals surface area contributed by atoms with Gasteiger partial charge in [0.25, 0.3) is 0 Å². The van der Waals surface area contributed by atoms with Gasteiger partial charge in [-0.05, 0) is 106 Å². The smallest absolute Gasteiger partial charge is 0.0738 e. The van der Waals surface area contributed by atoms with E-state index in [0.717, 1.165) is 108 Å². The van der Waals surface area contributed by atoms with E-state index in [4.69, 9.17) is 20.0 Å². The molecule has 4 nitrogen and oxygen atoms in total. The lowest BCUT2D eigenvalue weighted by Crippen LogP contribution is -2.11. The van der Waals surface area contributed by atoms with Crippen LogP contribution in [0.5, 0.6) is 0 Å². The van der Waals surface area contributed by atoms with Crippen molar-refractivity contribution in [2.45, 2.75) is 52.4 Å². The lowest BCUT2D eigenvalue weighted by Gasteiger charge is -2.20. The highest BCUT2D eigenvalue weighted by Crippen LogP contribution is 2.43. The molecule has 0 aliphatic carbocycles. The standard InChI is InChI=1S/C52H40Br4N4/c1-51(2,3)31-17-13-29(14-18-31)45-37-21-25-41(57-37)49(47-33(53)9-7-10-34(47)54)43-27-23-39(59-43)46(30-15-19-32(20-16-30)52(4,5)6)40-24-28-44(60-40)50(42-26-22-38(45)58-42)48-35(55)11-8-12-36(48)56/h7-28H,1-6H3. The minimum atomic E-state index is 0.00568. The van der Waals surface area contributed by atoms with Crippen molar-refractivity contribution in [1.82, 2.24) is 0 Å². The minimum absolute atomic E-state index is 0.00568. The summed E-state index contributed by atoms with van der Waals surface area (Å²) in [4.78, 5) is 21.9. The van der Waals surface area contributed by atoms with Crippen molar-refractivity contribution >= 4 is 109 Å². The molecule has 0 aromatic heterocycles. The number of fused-ring (bicyclic) bond motifs is 4. The Morgan fingerprint density at radius 3 is 0.883 bits per heavy atom. The second-order valence-corrected chi connectivity index (χ2v) is 20.6. The molecular weight excluding hydrogens is 1000 g/mol. The van der Waals surface area contributed by atoms with Gasteiger partial charge >= 0.3 is 0 Å². The van der Waals surface area contributed by atoms with Crippen molar-refractivity contribution in [2.24, 2.45) is 20.0 Å². The van der Waals surface area contributed by atoms with Gasteiger partial charge in [-0.2, -0.15) is 0 Å². The summed E-state index contributed by atoms with van der Waals surface area (Å²) >= 11 is 15.6. The summed E-state index contributed by atoms with van der Waals surface area (Å²) < 4.78 is 3.74. The molecule has 5 aliphatic rings. The zero-order valence-corrected chi connectivity index (χ0v) is 40.3. The van der Waals surface area contributed by atoms with Gasteiger partial charge in [0.05, 0.1) is 45.6 Å². The molecule has 296 valence electrons. The average molecular weight is 1040 g/mol. The number of halogens is 4. The third kappa shape index (κ3) is 7.55. The Bertz CT molecular complexity index is 2680. The van der Waals surface area contributed by atoms with Crippen molar-refractivity contribution < 1.29 is 0 Å². The van der Waals surface area contributed by atoms with Crippen LogP contribution in [0.25, 0.3) is 22.3 Å². The van der Waals surface area contributed by atoms with Crippen molar-refractivity contribution in [2.75, 3.05) is 0 Å². The predicted molar refractivity (Wildman–Crippen MR) is 268 cm³/mol. The van der Waals surface area contributed by atoms with Crippen molar-refractivity contribution in [3.63, 3.8) is 0 Å². The number of nitrogens with zero attached hydrogens (tertiary/aromatic N) is 4. The first-order valence-electron chi connectivity index (χ1n) is 19.8. The first-order valence-corrected chi connectivity index (χ1v) is 23.0. The number of benzene rings is 4. The SMILES string of the molecule is CC(C)(C)c1ccc(C2=C3C=CC(=N3)C(c3c(Br)cccc3Br)=C3C=CC(=N3)C(c3ccc(C(C)(C)C)cc3)=C3C=CC(=N3)C(c3c(Br)cccc3Br)=C3C=CC2=N3)cc1. The third-order valence-corrected chi connectivity index (χ3v) is 13.8. The maximum absolute atomic E-state index is 5.47. The molecule has 0 N–H and O–H groups in total. The van der Waals surface area contributed by atoms with Crippen LogP contribution in [0.2, 0.25) is 0 Å². The van der Waals surface area contributed by atoms with Gasteiger partial charge in [-0.25, -0.2) is 20.0 Å². The van der Waals surface area contributed by atoms with Gasteiger partial charge in [-0.1, -0.05) is 166 Å². The molecule has 0 fully saturated rings. The molecule has 0 unspecified atom stereocenters. The molecule has 8 bridgehead atoms. The Morgan fingerprint density at radius 1 is 0.333 bits per heavy atom. The first-order chi connectivity index (χ1) is 28.7. The Hall–Kier alpha value is -4.60. The second-order valence-electron chi connectivity index (χ2n) is 17.2. The maximum Gasteiger partial charge on any atom is 0.0738 e. The monoisotopic (exact) mass is 1040 g/mol. The van der Waals surface area contributed by atoms with Crippen molar-refractivity contribution in [1.29, 1.82) is 0 Å². The second kappa shape index (κ2) is 15.7. The fourth-order valence-electron chi connectivity index (χ4n) is 7.94. The summed E-state index contributed by atoms with van der Waals surface area (Å²) in [5.41, 5.74) is 16.7. The number of hydrogen-bond donors (Lipinski definition) is 0. The van der Waals surface area contributed by atoms with E-state index in [-0.39, 0.29) is 10.8 Å². The van der Waals surface area contributed by atoms with E-state index in [2.05, 4.69) is 227 Å². The molecule has 0 amide bonds. The van der Waals surface area contributed by atoms with E-state index < -0.39 is 0 Å². The van der Waals surface area contributed by atoms with Crippen LogP contribution in [-0.4, -0.2) is 22.8 Å². The van der Waals surface area contributed by atoms with Crippen LogP contribution in [0, 0.1) is 0 Å². The summed E-state index contributed by atoms with van der Waals surface area (Å²) in [6.07, 6.45) is 16.8. The van der Waals surface area contributed by atoms with Gasteiger partial charge in [0.2, 0.25) is 0 Å². The van der Waals surface area contributed by atoms with E-state index in [1.165, 1.54) is 11.1 Å². The van der Waals surface area contributed by atoms with Crippen LogP contribution < -0.4 is 0 Å². The summed E-state index contributed by atoms with van der Waals surface area (Å²) in [5, 5.41) is 0. The van der Waals surface area contributed by atoms with Crippen molar-refractivity contribution in [3.05, 3.63) is 208 Å². The zero-order valence-electron chi connectivity index (χ0n) is 34.0. The number of aliphatic imine (C=N–C) groups is 4. The lowest BCUT2D eigenvalue weighted by atomic mass is 9.85. The Kier molecular flexibility index (Phi) is 10.7. The first kappa shape index (κ1) is 40.8. The molecule has 4 aromatic rings. The van der Waals surface area contributed by atoms with Gasteiger partial charge in [-0.3, -0.25) is 0 Å². The van der Waals surface area contributed by atoms with Crippen molar-refractivity contribution in [3.8, 4) is 0 Å². The van der Waals surface area contributed by atoms with Gasteiger partial charge in [-0.15, -0.1) is 0 Å². The Labute approximate surface area is 385 Å². The molecule has 60 heavy (non-hydrogen) atoms. The van der Waals surface area contributed by atoms with Gasteiger partial charge in [0.1, 0.15) is 0 Å². The molecule has 0 saturated carbocycles. The quantitative estimate of drug-likeness (QED) is 0.196. The number of rotatable bonds is 4. The minimum Gasteiger partial charge on any atom is -0.248 e. The van der Waals surface area contributed by atoms with Crippen LogP contribution >= 0.6 is 63.7 Å². The van der Waals surface area contributed by atoms with Gasteiger partial charge < -0.3 is 0 Å². The highest BCUT2D eigenvalue weighted by Gasteiger charge is 2.30. The fourth-order valence-corrected chi connectivity index (χ4v) is 10.7. The molecule has 8 heteroatoms. The van der Waals surface area contributed by atoms with Crippen LogP contribution in [0.3, 0.4) is 0 Å². The molecule has 5 heterocycles. The van der Waals surface area contributed by atoms with E-state index >= 15 is 0 Å². The Morgan fingerprint density at radius 2 is 0.600 bits per heavy atom.